The lowest BCUT2D eigenvalue weighted by molar-refractivity contribution is -0.138. The largest absolute Gasteiger partial charge is 0.480 e. The van der Waals surface area contributed by atoms with Gasteiger partial charge < -0.3 is 10.4 Å². The van der Waals surface area contributed by atoms with Crippen LogP contribution in [-0.2, 0) is 9.59 Å². The van der Waals surface area contributed by atoms with Gasteiger partial charge in [-0.2, -0.15) is 0 Å². The van der Waals surface area contributed by atoms with Gasteiger partial charge in [-0.3, -0.25) is 14.5 Å². The van der Waals surface area contributed by atoms with Gasteiger partial charge >= 0.3 is 5.97 Å². The molecule has 1 amide bonds. The Morgan fingerprint density at radius 3 is 2.64 bits per heavy atom. The van der Waals surface area contributed by atoms with E-state index in [1.165, 1.54) is 16.2 Å². The van der Waals surface area contributed by atoms with Crippen molar-refractivity contribution in [1.82, 2.24) is 15.2 Å². The van der Waals surface area contributed by atoms with Crippen LogP contribution in [0.1, 0.15) is 16.6 Å². The minimum absolute atomic E-state index is 0.0149. The molecule has 2 N–H and O–H groups in total. The van der Waals surface area contributed by atoms with Gasteiger partial charge in [-0.25, -0.2) is 4.98 Å². The molecule has 7 heteroatoms. The number of nitrogens with one attached hydrogen (secondary N) is 1. The average Bonchev–Trinajstić information content (AvgIpc) is 2.98. The molecule has 0 aliphatic heterocycles. The summed E-state index contributed by atoms with van der Waals surface area (Å²) in [6, 6.07) is 9.23. The average molecular weight is 319 g/mol. The lowest BCUT2D eigenvalue weighted by Gasteiger charge is -2.19. The standard InChI is InChI=1S/C15H17N3O3S/c1-18(10-13(20)21)9-12(19)17-14(15-16-7-8-22-15)11-5-3-2-4-6-11/h2-8,14H,9-10H2,1H3,(H,17,19)(H,20,21). The zero-order valence-corrected chi connectivity index (χ0v) is 12.9. The summed E-state index contributed by atoms with van der Waals surface area (Å²) in [4.78, 5) is 28.5. The van der Waals surface area contributed by atoms with Crippen molar-refractivity contribution in [2.75, 3.05) is 20.1 Å². The molecule has 0 radical (unpaired) electrons. The second kappa shape index (κ2) is 7.67. The van der Waals surface area contributed by atoms with Crippen molar-refractivity contribution >= 4 is 23.2 Å². The number of aliphatic carboxylic acids is 1. The molecular formula is C15H17N3O3S. The molecule has 116 valence electrons. The van der Waals surface area contributed by atoms with Crippen molar-refractivity contribution in [2.45, 2.75) is 6.04 Å². The van der Waals surface area contributed by atoms with Crippen LogP contribution in [0.4, 0.5) is 0 Å². The number of thiazole rings is 1. The predicted octanol–water partition coefficient (Wildman–Crippen LogP) is 1.37. The van der Waals surface area contributed by atoms with Gasteiger partial charge in [0.05, 0.1) is 13.1 Å². The van der Waals surface area contributed by atoms with Gasteiger partial charge in [0.25, 0.3) is 0 Å². The van der Waals surface area contributed by atoms with E-state index in [-0.39, 0.29) is 25.0 Å². The second-order valence-electron chi connectivity index (χ2n) is 4.85. The highest BCUT2D eigenvalue weighted by Crippen LogP contribution is 2.23. The minimum Gasteiger partial charge on any atom is -0.480 e. The summed E-state index contributed by atoms with van der Waals surface area (Å²) in [6.45, 7) is -0.165. The molecule has 1 aromatic carbocycles. The number of benzene rings is 1. The fourth-order valence-corrected chi connectivity index (χ4v) is 2.76. The summed E-state index contributed by atoms with van der Waals surface area (Å²) in [7, 11) is 1.59. The molecule has 1 unspecified atom stereocenters. The quantitative estimate of drug-likeness (QED) is 0.805. The Hall–Kier alpha value is -2.25. The first kappa shape index (κ1) is 16.1. The molecule has 22 heavy (non-hydrogen) atoms. The number of carboxylic acids is 1. The number of nitrogens with zero attached hydrogens (tertiary/aromatic N) is 2. The van der Waals surface area contributed by atoms with Crippen LogP contribution in [0.2, 0.25) is 0 Å². The van der Waals surface area contributed by atoms with Crippen LogP contribution in [0.5, 0.6) is 0 Å². The molecule has 1 heterocycles. The first-order valence-corrected chi connectivity index (χ1v) is 7.58. The summed E-state index contributed by atoms with van der Waals surface area (Å²) in [5.41, 5.74) is 0.937. The molecule has 2 aromatic rings. The van der Waals surface area contributed by atoms with Crippen LogP contribution < -0.4 is 5.32 Å². The van der Waals surface area contributed by atoms with Crippen LogP contribution in [0.3, 0.4) is 0 Å². The topological polar surface area (TPSA) is 82.5 Å². The molecule has 0 fully saturated rings. The monoisotopic (exact) mass is 319 g/mol. The van der Waals surface area contributed by atoms with E-state index in [2.05, 4.69) is 10.3 Å². The van der Waals surface area contributed by atoms with Gasteiger partial charge in [0.15, 0.2) is 0 Å². The number of carboxylic acid groups (broad SMARTS) is 1. The summed E-state index contributed by atoms with van der Waals surface area (Å²) in [5, 5.41) is 14.3. The SMILES string of the molecule is CN(CC(=O)O)CC(=O)NC(c1ccccc1)c1nccs1. The van der Waals surface area contributed by atoms with Crippen molar-refractivity contribution in [2.24, 2.45) is 0 Å². The first-order chi connectivity index (χ1) is 10.6. The fourth-order valence-electron chi connectivity index (χ4n) is 2.05. The van der Waals surface area contributed by atoms with Crippen LogP contribution in [-0.4, -0.2) is 47.0 Å². The molecule has 0 aliphatic carbocycles. The Bertz CT molecular complexity index is 616. The van der Waals surface area contributed by atoms with E-state index < -0.39 is 5.97 Å². The number of amides is 1. The van der Waals surface area contributed by atoms with Crippen molar-refractivity contribution in [3.8, 4) is 0 Å². The molecule has 2 rings (SSSR count). The molecule has 1 aromatic heterocycles. The minimum atomic E-state index is -0.963. The van der Waals surface area contributed by atoms with Crippen LogP contribution in [0, 0.1) is 0 Å². The number of likely N-dealkylation sites (N-methyl/N-ethyl adjacent to an activating group) is 1. The molecule has 0 spiro atoms. The van der Waals surface area contributed by atoms with Crippen molar-refractivity contribution < 1.29 is 14.7 Å². The fraction of sp³-hybridized carbons (Fsp3) is 0.267. The lowest BCUT2D eigenvalue weighted by Crippen LogP contribution is -2.39. The van der Waals surface area contributed by atoms with E-state index in [1.54, 1.807) is 13.2 Å². The molecular weight excluding hydrogens is 302 g/mol. The third-order valence-electron chi connectivity index (χ3n) is 2.96. The number of aromatic nitrogens is 1. The predicted molar refractivity (Wildman–Crippen MR) is 83.7 cm³/mol. The highest BCUT2D eigenvalue weighted by molar-refractivity contribution is 7.09. The van der Waals surface area contributed by atoms with Gasteiger partial charge in [-0.15, -0.1) is 11.3 Å². The molecule has 1 atom stereocenters. The normalized spacial score (nSPS) is 12.1. The maximum absolute atomic E-state index is 12.1. The Labute approximate surface area is 132 Å². The molecule has 0 bridgehead atoms. The highest BCUT2D eigenvalue weighted by atomic mass is 32.1. The van der Waals surface area contributed by atoms with Crippen molar-refractivity contribution in [3.05, 3.63) is 52.5 Å². The first-order valence-electron chi connectivity index (χ1n) is 6.70. The van der Waals surface area contributed by atoms with Crippen LogP contribution in [0.15, 0.2) is 41.9 Å². The Morgan fingerprint density at radius 2 is 2.05 bits per heavy atom. The van der Waals surface area contributed by atoms with Crippen LogP contribution >= 0.6 is 11.3 Å². The van der Waals surface area contributed by atoms with E-state index in [4.69, 9.17) is 5.11 Å². The number of rotatable bonds is 7. The number of hydrogen-bond acceptors (Lipinski definition) is 5. The molecule has 0 saturated heterocycles. The van der Waals surface area contributed by atoms with Gasteiger partial charge in [0.2, 0.25) is 5.91 Å². The third-order valence-corrected chi connectivity index (χ3v) is 3.80. The van der Waals surface area contributed by atoms with Gasteiger partial charge in [0, 0.05) is 11.6 Å². The summed E-state index contributed by atoms with van der Waals surface area (Å²) in [5.74, 6) is -1.21. The summed E-state index contributed by atoms with van der Waals surface area (Å²) in [6.07, 6.45) is 1.69. The van der Waals surface area contributed by atoms with Gasteiger partial charge in [-0.1, -0.05) is 30.3 Å². The molecule has 0 saturated carbocycles. The van der Waals surface area contributed by atoms with Crippen molar-refractivity contribution in [3.63, 3.8) is 0 Å². The van der Waals surface area contributed by atoms with Gasteiger partial charge in [-0.05, 0) is 12.6 Å². The van der Waals surface area contributed by atoms with Crippen LogP contribution in [0.25, 0.3) is 0 Å². The Balaban J connectivity index is 2.08. The van der Waals surface area contributed by atoms with E-state index in [1.807, 2.05) is 35.7 Å². The molecule has 6 nitrogen and oxygen atoms in total. The van der Waals surface area contributed by atoms with E-state index in [9.17, 15) is 9.59 Å². The Morgan fingerprint density at radius 1 is 1.32 bits per heavy atom. The Kier molecular flexibility index (Phi) is 5.62. The van der Waals surface area contributed by atoms with Crippen molar-refractivity contribution in [1.29, 1.82) is 0 Å². The van der Waals surface area contributed by atoms with E-state index in [0.29, 0.717) is 0 Å². The third kappa shape index (κ3) is 4.64. The number of carbonyl (C=O) groups is 2. The maximum atomic E-state index is 12.1. The second-order valence-corrected chi connectivity index (χ2v) is 5.77. The highest BCUT2D eigenvalue weighted by Gasteiger charge is 2.20. The van der Waals surface area contributed by atoms with E-state index in [0.717, 1.165) is 10.6 Å². The maximum Gasteiger partial charge on any atom is 0.317 e. The summed E-state index contributed by atoms with van der Waals surface area (Å²) < 4.78 is 0. The van der Waals surface area contributed by atoms with Gasteiger partial charge in [0.1, 0.15) is 11.0 Å². The van der Waals surface area contributed by atoms with E-state index >= 15 is 0 Å². The smallest absolute Gasteiger partial charge is 0.317 e. The molecule has 0 aliphatic rings. The zero-order chi connectivity index (χ0) is 15.9. The number of hydrogen-bond donors (Lipinski definition) is 2. The number of carbonyl (C=O) groups excluding carboxylic acids is 1. The zero-order valence-electron chi connectivity index (χ0n) is 12.1. The summed E-state index contributed by atoms with van der Waals surface area (Å²) >= 11 is 1.46. The lowest BCUT2D eigenvalue weighted by atomic mass is 10.1.